The molecule has 0 aliphatic rings. The molecule has 0 saturated heterocycles. The van der Waals surface area contributed by atoms with E-state index in [1.807, 2.05) is 25.1 Å². The van der Waals surface area contributed by atoms with Gasteiger partial charge in [-0.15, -0.1) is 0 Å². The lowest BCUT2D eigenvalue weighted by Crippen LogP contribution is -2.32. The molecule has 168 valence electrons. The average Bonchev–Trinajstić information content (AvgIpc) is 2.75. The van der Waals surface area contributed by atoms with Crippen molar-refractivity contribution in [2.24, 2.45) is 5.92 Å². The number of aliphatic carboxylic acids is 1. The number of nitrogens with two attached hydrogens (primary N) is 2. The first-order valence-corrected chi connectivity index (χ1v) is 10.1. The van der Waals surface area contributed by atoms with Gasteiger partial charge in [0.25, 0.3) is 5.56 Å². The number of ether oxygens (including phenoxy) is 2. The van der Waals surface area contributed by atoms with Crippen molar-refractivity contribution in [3.63, 3.8) is 0 Å². The van der Waals surface area contributed by atoms with Gasteiger partial charge >= 0.3 is 5.97 Å². The van der Waals surface area contributed by atoms with Crippen LogP contribution in [0.25, 0.3) is 22.5 Å². The molecule has 0 aliphatic carbocycles. The third-order valence-electron chi connectivity index (χ3n) is 4.80. The van der Waals surface area contributed by atoms with Crippen LogP contribution in [0.15, 0.2) is 47.3 Å². The summed E-state index contributed by atoms with van der Waals surface area (Å²) in [6, 6.07) is 12.6. The van der Waals surface area contributed by atoms with E-state index >= 15 is 0 Å². The molecule has 0 spiro atoms. The van der Waals surface area contributed by atoms with Gasteiger partial charge in [0.2, 0.25) is 0 Å². The molecule has 1 unspecified atom stereocenters. The van der Waals surface area contributed by atoms with E-state index in [1.54, 1.807) is 38.1 Å². The van der Waals surface area contributed by atoms with Gasteiger partial charge in [-0.25, -0.2) is 9.78 Å². The van der Waals surface area contributed by atoms with E-state index in [1.165, 1.54) is 0 Å². The van der Waals surface area contributed by atoms with Crippen LogP contribution >= 0.6 is 0 Å². The van der Waals surface area contributed by atoms with Crippen LogP contribution in [0.5, 0.6) is 11.5 Å². The summed E-state index contributed by atoms with van der Waals surface area (Å²) >= 11 is 0. The number of rotatable bonds is 8. The van der Waals surface area contributed by atoms with Crippen LogP contribution in [0.2, 0.25) is 0 Å². The van der Waals surface area contributed by atoms with Crippen LogP contribution in [-0.2, 0) is 4.79 Å². The molecule has 0 fully saturated rings. The van der Waals surface area contributed by atoms with Crippen LogP contribution in [-0.4, -0.2) is 33.8 Å². The predicted molar refractivity (Wildman–Crippen MR) is 123 cm³/mol. The largest absolute Gasteiger partial charge is 0.493 e. The van der Waals surface area contributed by atoms with Crippen LogP contribution in [0.4, 0.5) is 11.5 Å². The summed E-state index contributed by atoms with van der Waals surface area (Å²) in [7, 11) is 0. The Labute approximate surface area is 185 Å². The molecule has 0 amide bonds. The molecule has 2 aromatic carbocycles. The van der Waals surface area contributed by atoms with E-state index in [0.29, 0.717) is 23.7 Å². The second-order valence-electron chi connectivity index (χ2n) is 7.51. The molecule has 0 saturated carbocycles. The van der Waals surface area contributed by atoms with Crippen molar-refractivity contribution in [1.29, 1.82) is 0 Å². The van der Waals surface area contributed by atoms with Crippen molar-refractivity contribution >= 4 is 17.5 Å². The number of hydrogen-bond acceptors (Lipinski definition) is 7. The second kappa shape index (κ2) is 9.42. The van der Waals surface area contributed by atoms with E-state index in [4.69, 9.17) is 20.9 Å². The fraction of sp³-hybridized carbons (Fsp3) is 0.261. The van der Waals surface area contributed by atoms with Gasteiger partial charge < -0.3 is 31.0 Å². The van der Waals surface area contributed by atoms with Crippen LogP contribution in [0.1, 0.15) is 20.8 Å². The van der Waals surface area contributed by atoms with Crippen molar-refractivity contribution in [3.05, 3.63) is 52.8 Å². The summed E-state index contributed by atoms with van der Waals surface area (Å²) in [4.78, 5) is 30.3. The Hall–Kier alpha value is -4.01. The Morgan fingerprint density at radius 2 is 1.88 bits per heavy atom. The Balaban J connectivity index is 2.01. The third kappa shape index (κ3) is 4.83. The number of carboxylic acids is 1. The zero-order valence-electron chi connectivity index (χ0n) is 18.1. The smallest absolute Gasteiger partial charge is 0.345 e. The standard InChI is InChI=1S/C23H26N4O5/c1-4-31-17-11-14(8-9-16(17)21-26-20(25)18(24)22(28)27-21)13-6-5-7-15(10-13)32-19(12(2)3)23(29)30/h5-12,19H,4,24H2,1-3H3,(H,29,30)(H3,25,26,27,28). The number of nitrogen functional groups attached to an aromatic ring is 2. The van der Waals surface area contributed by atoms with E-state index in [2.05, 4.69) is 9.97 Å². The highest BCUT2D eigenvalue weighted by Gasteiger charge is 2.23. The van der Waals surface area contributed by atoms with E-state index in [-0.39, 0.29) is 23.2 Å². The highest BCUT2D eigenvalue weighted by Crippen LogP contribution is 2.34. The average molecular weight is 438 g/mol. The number of nitrogens with one attached hydrogen (secondary N) is 1. The molecular formula is C23H26N4O5. The first-order valence-electron chi connectivity index (χ1n) is 10.1. The number of nitrogens with zero attached hydrogens (tertiary/aromatic N) is 1. The minimum Gasteiger partial charge on any atom is -0.493 e. The third-order valence-corrected chi connectivity index (χ3v) is 4.80. The Morgan fingerprint density at radius 1 is 1.16 bits per heavy atom. The lowest BCUT2D eigenvalue weighted by atomic mass is 10.0. The summed E-state index contributed by atoms with van der Waals surface area (Å²) in [5.74, 6) is -0.0786. The SMILES string of the molecule is CCOc1cc(-c2cccc(OC(C(=O)O)C(C)C)c2)ccc1-c1nc(N)c(N)c(=O)[nH]1. The zero-order chi connectivity index (χ0) is 23.4. The fourth-order valence-electron chi connectivity index (χ4n) is 3.17. The van der Waals surface area contributed by atoms with E-state index in [0.717, 1.165) is 11.1 Å². The van der Waals surface area contributed by atoms with Gasteiger partial charge in [-0.3, -0.25) is 4.79 Å². The number of H-pyrrole nitrogens is 1. The summed E-state index contributed by atoms with van der Waals surface area (Å²) in [6.45, 7) is 5.81. The van der Waals surface area contributed by atoms with Crippen molar-refractivity contribution < 1.29 is 19.4 Å². The lowest BCUT2D eigenvalue weighted by molar-refractivity contribution is -0.147. The molecule has 1 heterocycles. The number of aromatic nitrogens is 2. The molecule has 3 rings (SSSR count). The number of carbonyl (C=O) groups is 1. The molecule has 1 atom stereocenters. The quantitative estimate of drug-likeness (QED) is 0.418. The number of benzene rings is 2. The Kier molecular flexibility index (Phi) is 6.67. The highest BCUT2D eigenvalue weighted by molar-refractivity contribution is 5.76. The molecule has 0 bridgehead atoms. The number of carboxylic acid groups (broad SMARTS) is 1. The number of anilines is 2. The Bertz CT molecular complexity index is 1190. The maximum Gasteiger partial charge on any atom is 0.345 e. The van der Waals surface area contributed by atoms with Gasteiger partial charge in [-0.2, -0.15) is 0 Å². The summed E-state index contributed by atoms with van der Waals surface area (Å²) < 4.78 is 11.5. The Morgan fingerprint density at radius 3 is 2.50 bits per heavy atom. The highest BCUT2D eigenvalue weighted by atomic mass is 16.5. The molecule has 6 N–H and O–H groups in total. The summed E-state index contributed by atoms with van der Waals surface area (Å²) in [6.07, 6.45) is -0.953. The van der Waals surface area contributed by atoms with Crippen molar-refractivity contribution in [3.8, 4) is 34.0 Å². The second-order valence-corrected chi connectivity index (χ2v) is 7.51. The van der Waals surface area contributed by atoms with Crippen LogP contribution < -0.4 is 26.5 Å². The molecule has 3 aromatic rings. The van der Waals surface area contributed by atoms with Crippen LogP contribution in [0, 0.1) is 5.92 Å². The number of hydrogen-bond donors (Lipinski definition) is 4. The fourth-order valence-corrected chi connectivity index (χ4v) is 3.17. The predicted octanol–water partition coefficient (Wildman–Crippen LogP) is 3.15. The van der Waals surface area contributed by atoms with Gasteiger partial charge in [0.1, 0.15) is 23.0 Å². The summed E-state index contributed by atoms with van der Waals surface area (Å²) in [5, 5.41) is 9.39. The summed E-state index contributed by atoms with van der Waals surface area (Å²) in [5.41, 5.74) is 12.9. The van der Waals surface area contributed by atoms with Crippen molar-refractivity contribution in [2.75, 3.05) is 18.1 Å². The molecule has 9 heteroatoms. The maximum absolute atomic E-state index is 12.0. The monoisotopic (exact) mass is 438 g/mol. The van der Waals surface area contributed by atoms with Crippen molar-refractivity contribution in [2.45, 2.75) is 26.9 Å². The van der Waals surface area contributed by atoms with Gasteiger partial charge in [0, 0.05) is 5.92 Å². The van der Waals surface area contributed by atoms with Crippen LogP contribution in [0.3, 0.4) is 0 Å². The maximum atomic E-state index is 12.0. The lowest BCUT2D eigenvalue weighted by Gasteiger charge is -2.19. The molecule has 32 heavy (non-hydrogen) atoms. The van der Waals surface area contributed by atoms with E-state index in [9.17, 15) is 14.7 Å². The first-order chi connectivity index (χ1) is 15.2. The first kappa shape index (κ1) is 22.7. The van der Waals surface area contributed by atoms with Gasteiger partial charge in [0.05, 0.1) is 12.2 Å². The molecule has 0 radical (unpaired) electrons. The minimum atomic E-state index is -1.02. The zero-order valence-corrected chi connectivity index (χ0v) is 18.1. The molecular weight excluding hydrogens is 412 g/mol. The number of aromatic amines is 1. The van der Waals surface area contributed by atoms with E-state index < -0.39 is 17.6 Å². The van der Waals surface area contributed by atoms with Crippen molar-refractivity contribution in [1.82, 2.24) is 9.97 Å². The van der Waals surface area contributed by atoms with Gasteiger partial charge in [0.15, 0.2) is 11.9 Å². The van der Waals surface area contributed by atoms with Gasteiger partial charge in [-0.1, -0.05) is 32.0 Å². The normalized spacial score (nSPS) is 11.9. The molecule has 0 aliphatic heterocycles. The van der Waals surface area contributed by atoms with Gasteiger partial charge in [-0.05, 0) is 42.3 Å². The molecule has 9 nitrogen and oxygen atoms in total. The minimum absolute atomic E-state index is 0.0572. The topological polar surface area (TPSA) is 154 Å². The molecule has 1 aromatic heterocycles.